The van der Waals surface area contributed by atoms with Gasteiger partial charge in [-0.1, -0.05) is 25.5 Å². The van der Waals surface area contributed by atoms with Crippen molar-refractivity contribution in [3.05, 3.63) is 69.7 Å². The van der Waals surface area contributed by atoms with Gasteiger partial charge in [-0.3, -0.25) is 4.99 Å². The Bertz CT molecular complexity index is 915. The third-order valence-corrected chi connectivity index (χ3v) is 5.02. The highest BCUT2D eigenvalue weighted by atomic mass is 19.1. The predicted octanol–water partition coefficient (Wildman–Crippen LogP) is 5.97. The third-order valence-electron chi connectivity index (χ3n) is 5.02. The third kappa shape index (κ3) is 10.7. The average Bonchev–Trinajstić information content (AvgIpc) is 2.81. The number of nitrogens with one attached hydrogen (secondary N) is 1. The van der Waals surface area contributed by atoms with Crippen molar-refractivity contribution in [2.45, 2.75) is 74.3 Å². The second-order valence-corrected chi connectivity index (χ2v) is 8.16. The van der Waals surface area contributed by atoms with Crippen molar-refractivity contribution in [3.63, 3.8) is 0 Å². The Morgan fingerprint density at radius 1 is 1.09 bits per heavy atom. The Hall–Kier alpha value is -3.09. The molecular formula is C27H44FN5O. The van der Waals surface area contributed by atoms with Crippen LogP contribution in [0.1, 0.15) is 68.2 Å². The molecule has 5 N–H and O–H groups in total. The molecule has 34 heavy (non-hydrogen) atoms. The van der Waals surface area contributed by atoms with Gasteiger partial charge in [0.2, 0.25) is 0 Å². The molecule has 0 aliphatic rings. The SMILES string of the molecule is C/C=C(C(/C=NC)=C/N)\C(=C/C(NC(=C/C(N)=C(\C)CC)/N=C(\C)CF)=C(\C)CC)OC(C)C. The van der Waals surface area contributed by atoms with Crippen molar-refractivity contribution in [1.82, 2.24) is 5.32 Å². The Morgan fingerprint density at radius 3 is 2.15 bits per heavy atom. The molecule has 0 fully saturated rings. The summed E-state index contributed by atoms with van der Waals surface area (Å²) >= 11 is 0. The van der Waals surface area contributed by atoms with E-state index in [0.717, 1.165) is 40.8 Å². The lowest BCUT2D eigenvalue weighted by atomic mass is 10.0. The van der Waals surface area contributed by atoms with Crippen LogP contribution in [0.5, 0.6) is 0 Å². The van der Waals surface area contributed by atoms with E-state index in [2.05, 4.69) is 22.2 Å². The number of ether oxygens (including phenoxy) is 1. The summed E-state index contributed by atoms with van der Waals surface area (Å²) in [4.78, 5) is 8.54. The highest BCUT2D eigenvalue weighted by Gasteiger charge is 2.14. The quantitative estimate of drug-likeness (QED) is 0.174. The van der Waals surface area contributed by atoms with Gasteiger partial charge >= 0.3 is 0 Å². The van der Waals surface area contributed by atoms with E-state index in [-0.39, 0.29) is 6.10 Å². The minimum absolute atomic E-state index is 0.0745. The zero-order valence-corrected chi connectivity index (χ0v) is 22.4. The van der Waals surface area contributed by atoms with Crippen LogP contribution in [-0.4, -0.2) is 31.8 Å². The van der Waals surface area contributed by atoms with Gasteiger partial charge in [0.1, 0.15) is 18.3 Å². The summed E-state index contributed by atoms with van der Waals surface area (Å²) in [6.07, 6.45) is 10.3. The molecule has 0 bridgehead atoms. The maximum Gasteiger partial charge on any atom is 0.132 e. The number of nitrogens with two attached hydrogens (primary N) is 2. The summed E-state index contributed by atoms with van der Waals surface area (Å²) in [5, 5.41) is 3.36. The molecule has 7 heteroatoms. The van der Waals surface area contributed by atoms with Crippen LogP contribution in [0.25, 0.3) is 0 Å². The molecule has 0 aromatic rings. The zero-order valence-electron chi connectivity index (χ0n) is 22.4. The molecule has 0 unspecified atom stereocenters. The fourth-order valence-electron chi connectivity index (χ4n) is 2.75. The van der Waals surface area contributed by atoms with Crippen molar-refractivity contribution < 1.29 is 9.13 Å². The Labute approximate surface area is 205 Å². The lowest BCUT2D eigenvalue weighted by molar-refractivity contribution is 0.155. The van der Waals surface area contributed by atoms with Gasteiger partial charge < -0.3 is 21.5 Å². The summed E-state index contributed by atoms with van der Waals surface area (Å²) in [5.41, 5.74) is 17.5. The molecule has 0 aliphatic heterocycles. The summed E-state index contributed by atoms with van der Waals surface area (Å²) in [6, 6.07) is 0. The van der Waals surface area contributed by atoms with E-state index in [1.165, 1.54) is 6.20 Å². The molecule has 0 aromatic carbocycles. The first-order valence-corrected chi connectivity index (χ1v) is 11.7. The summed E-state index contributed by atoms with van der Waals surface area (Å²) < 4.78 is 19.5. The predicted molar refractivity (Wildman–Crippen MR) is 145 cm³/mol. The molecule has 0 amide bonds. The number of hydrogen-bond acceptors (Lipinski definition) is 6. The van der Waals surface area contributed by atoms with Gasteiger partial charge in [-0.25, -0.2) is 9.38 Å². The number of rotatable bonds is 13. The first-order chi connectivity index (χ1) is 16.1. The molecule has 0 heterocycles. The molecule has 0 saturated carbocycles. The standard InChI is InChI=1S/C27H44FN5O/c1-10-19(6)24(30)13-27(32-21(8)15-28)33-25(20(7)11-2)14-26(34-18(4)5)23(12-3)22(16-29)17-31-9/h12-14,16-18,33H,10-11,15,29-30H2,1-9H3/b22-16+,23-12-,24-19-,25-20-,26-14+,27-13+,31-17?,32-21+. The van der Waals surface area contributed by atoms with Crippen LogP contribution >= 0.6 is 0 Å². The Morgan fingerprint density at radius 2 is 1.71 bits per heavy atom. The molecule has 0 aromatic heterocycles. The largest absolute Gasteiger partial charge is 0.490 e. The molecule has 0 aliphatic carbocycles. The van der Waals surface area contributed by atoms with Gasteiger partial charge in [0, 0.05) is 59.9 Å². The van der Waals surface area contributed by atoms with Crippen LogP contribution < -0.4 is 16.8 Å². The minimum atomic E-state index is -0.650. The maximum atomic E-state index is 13.3. The van der Waals surface area contributed by atoms with Crippen molar-refractivity contribution in [2.24, 2.45) is 21.5 Å². The minimum Gasteiger partial charge on any atom is -0.490 e. The Kier molecular flexibility index (Phi) is 15.0. The number of hydrogen-bond donors (Lipinski definition) is 3. The van der Waals surface area contributed by atoms with Crippen molar-refractivity contribution in [1.29, 1.82) is 0 Å². The lowest BCUT2D eigenvalue weighted by Crippen LogP contribution is -2.17. The fraction of sp³-hybridized carbons (Fsp3) is 0.481. The Balaban J connectivity index is 6.89. The highest BCUT2D eigenvalue weighted by Crippen LogP contribution is 2.24. The van der Waals surface area contributed by atoms with E-state index < -0.39 is 6.67 Å². The molecule has 0 spiro atoms. The summed E-state index contributed by atoms with van der Waals surface area (Å²) in [7, 11) is 1.69. The van der Waals surface area contributed by atoms with E-state index in [1.54, 1.807) is 26.3 Å². The first-order valence-electron chi connectivity index (χ1n) is 11.7. The number of allylic oxidation sites excluding steroid dienone is 6. The number of alkyl halides is 1. The number of aliphatic imine (C=N–C) groups is 2. The number of nitrogens with zero attached hydrogens (tertiary/aromatic N) is 2. The van der Waals surface area contributed by atoms with Crippen LogP contribution in [0.4, 0.5) is 4.39 Å². The fourth-order valence-corrected chi connectivity index (χ4v) is 2.75. The lowest BCUT2D eigenvalue weighted by Gasteiger charge is -2.20. The normalized spacial score (nSPS) is 16.1. The van der Waals surface area contributed by atoms with Gasteiger partial charge in [0.25, 0.3) is 0 Å². The van der Waals surface area contributed by atoms with E-state index >= 15 is 0 Å². The van der Waals surface area contributed by atoms with Crippen molar-refractivity contribution in [2.75, 3.05) is 13.7 Å². The second-order valence-electron chi connectivity index (χ2n) is 8.16. The topological polar surface area (TPSA) is 98.0 Å². The van der Waals surface area contributed by atoms with Gasteiger partial charge in [0.05, 0.1) is 6.10 Å². The first kappa shape index (κ1) is 30.9. The molecule has 0 saturated heterocycles. The van der Waals surface area contributed by atoms with Crippen LogP contribution in [0, 0.1) is 0 Å². The van der Waals surface area contributed by atoms with Crippen LogP contribution in [0.3, 0.4) is 0 Å². The summed E-state index contributed by atoms with van der Waals surface area (Å²) in [6.45, 7) is 14.9. The monoisotopic (exact) mass is 473 g/mol. The van der Waals surface area contributed by atoms with Crippen LogP contribution in [0.15, 0.2) is 79.7 Å². The van der Waals surface area contributed by atoms with Crippen molar-refractivity contribution in [3.8, 4) is 0 Å². The zero-order chi connectivity index (χ0) is 26.3. The van der Waals surface area contributed by atoms with E-state index in [9.17, 15) is 4.39 Å². The van der Waals surface area contributed by atoms with Crippen LogP contribution in [-0.2, 0) is 4.74 Å². The molecule has 0 atom stereocenters. The molecular weight excluding hydrogens is 429 g/mol. The van der Waals surface area contributed by atoms with E-state index in [1.807, 2.05) is 53.7 Å². The molecule has 0 radical (unpaired) electrons. The molecule has 6 nitrogen and oxygen atoms in total. The van der Waals surface area contributed by atoms with Gasteiger partial charge in [0.15, 0.2) is 0 Å². The van der Waals surface area contributed by atoms with Crippen LogP contribution in [0.2, 0.25) is 0 Å². The van der Waals surface area contributed by atoms with E-state index in [0.29, 0.717) is 23.0 Å². The average molecular weight is 474 g/mol. The number of halogens is 1. The van der Waals surface area contributed by atoms with Crippen molar-refractivity contribution >= 4 is 11.9 Å². The summed E-state index contributed by atoms with van der Waals surface area (Å²) in [5.74, 6) is 1.08. The smallest absolute Gasteiger partial charge is 0.132 e. The molecule has 0 rings (SSSR count). The van der Waals surface area contributed by atoms with Gasteiger partial charge in [-0.05, 0) is 60.0 Å². The van der Waals surface area contributed by atoms with Gasteiger partial charge in [-0.15, -0.1) is 0 Å². The molecule has 190 valence electrons. The van der Waals surface area contributed by atoms with Gasteiger partial charge in [-0.2, -0.15) is 0 Å². The highest BCUT2D eigenvalue weighted by molar-refractivity contribution is 5.86. The maximum absolute atomic E-state index is 13.3. The van der Waals surface area contributed by atoms with E-state index in [4.69, 9.17) is 16.2 Å². The second kappa shape index (κ2) is 16.5.